The van der Waals surface area contributed by atoms with Crippen molar-refractivity contribution in [1.82, 2.24) is 9.88 Å². The van der Waals surface area contributed by atoms with Crippen molar-refractivity contribution in [3.8, 4) is 0 Å². The smallest absolute Gasteiger partial charge is 0.228 e. The SMILES string of the molecule is Cc1cccc2sc(N(CCCN3CCOCC3)C(=O)CCCSc3ccc(F)cc3)nc12.Cl. The van der Waals surface area contributed by atoms with Crippen molar-refractivity contribution in [3.05, 3.63) is 53.8 Å². The number of aromatic nitrogens is 1. The summed E-state index contributed by atoms with van der Waals surface area (Å²) in [6.45, 7) is 7.15. The number of thiazole rings is 1. The Kier molecular flexibility index (Phi) is 10.6. The van der Waals surface area contributed by atoms with Gasteiger partial charge in [-0.2, -0.15) is 0 Å². The van der Waals surface area contributed by atoms with E-state index in [4.69, 9.17) is 9.72 Å². The van der Waals surface area contributed by atoms with Crippen LogP contribution in [0.25, 0.3) is 10.2 Å². The van der Waals surface area contributed by atoms with Crippen molar-refractivity contribution in [2.75, 3.05) is 50.0 Å². The molecular formula is C25H31ClFN3O2S2. The normalized spacial score (nSPS) is 14.2. The monoisotopic (exact) mass is 523 g/mol. The number of anilines is 1. The highest BCUT2D eigenvalue weighted by molar-refractivity contribution is 7.99. The fraction of sp³-hybridized carbons (Fsp3) is 0.440. The van der Waals surface area contributed by atoms with E-state index in [1.807, 2.05) is 11.0 Å². The summed E-state index contributed by atoms with van der Waals surface area (Å²) < 4.78 is 19.6. The molecular weight excluding hydrogens is 493 g/mol. The number of carbonyl (C=O) groups excluding carboxylic acids is 1. The highest BCUT2D eigenvalue weighted by Gasteiger charge is 2.20. The number of nitrogens with zero attached hydrogens (tertiary/aromatic N) is 3. The molecule has 184 valence electrons. The molecule has 2 aromatic carbocycles. The minimum atomic E-state index is -0.228. The molecule has 1 aromatic heterocycles. The van der Waals surface area contributed by atoms with Crippen LogP contribution in [0, 0.1) is 12.7 Å². The molecule has 0 saturated carbocycles. The van der Waals surface area contributed by atoms with Crippen LogP contribution in [0.5, 0.6) is 0 Å². The molecule has 1 fully saturated rings. The van der Waals surface area contributed by atoms with E-state index < -0.39 is 0 Å². The first kappa shape index (κ1) is 26.9. The third-order valence-electron chi connectivity index (χ3n) is 5.72. The molecule has 0 bridgehead atoms. The molecule has 0 aliphatic carbocycles. The van der Waals surface area contributed by atoms with Gasteiger partial charge in [-0.1, -0.05) is 23.5 Å². The fourth-order valence-corrected chi connectivity index (χ4v) is 5.81. The number of benzene rings is 2. The standard InChI is InChI=1S/C25H30FN3O2S2.ClH/c1-19-5-2-6-22-24(19)27-25(33-22)29(13-4-12-28-14-16-31-17-15-28)23(30)7-3-18-32-21-10-8-20(26)9-11-21;/h2,5-6,8-11H,3-4,7,12-18H2,1H3;1H. The molecule has 5 nitrogen and oxygen atoms in total. The van der Waals surface area contributed by atoms with Gasteiger partial charge in [-0.25, -0.2) is 9.37 Å². The van der Waals surface area contributed by atoms with Gasteiger partial charge in [0.1, 0.15) is 5.82 Å². The van der Waals surface area contributed by atoms with E-state index in [2.05, 4.69) is 24.0 Å². The van der Waals surface area contributed by atoms with Crippen molar-refractivity contribution < 1.29 is 13.9 Å². The van der Waals surface area contributed by atoms with Crippen LogP contribution in [0.1, 0.15) is 24.8 Å². The van der Waals surface area contributed by atoms with Crippen LogP contribution in [-0.2, 0) is 9.53 Å². The summed E-state index contributed by atoms with van der Waals surface area (Å²) in [5.74, 6) is 0.708. The highest BCUT2D eigenvalue weighted by atomic mass is 35.5. The predicted octanol–water partition coefficient (Wildman–Crippen LogP) is 5.79. The van der Waals surface area contributed by atoms with Gasteiger partial charge >= 0.3 is 0 Å². The third kappa shape index (κ3) is 7.39. The summed E-state index contributed by atoms with van der Waals surface area (Å²) in [6.07, 6.45) is 2.15. The van der Waals surface area contributed by atoms with Crippen LogP contribution >= 0.6 is 35.5 Å². The molecule has 1 amide bonds. The Balaban J connectivity index is 0.00000324. The lowest BCUT2D eigenvalue weighted by Gasteiger charge is -2.27. The molecule has 0 N–H and O–H groups in total. The van der Waals surface area contributed by atoms with Gasteiger partial charge in [-0.05, 0) is 61.4 Å². The molecule has 4 rings (SSSR count). The Labute approximate surface area is 215 Å². The minimum absolute atomic E-state index is 0. The number of hydrogen-bond acceptors (Lipinski definition) is 6. The zero-order valence-corrected chi connectivity index (χ0v) is 21.8. The van der Waals surface area contributed by atoms with Crippen LogP contribution in [0.2, 0.25) is 0 Å². The van der Waals surface area contributed by atoms with E-state index in [9.17, 15) is 9.18 Å². The summed E-state index contributed by atoms with van der Waals surface area (Å²) in [4.78, 5) is 23.4. The average Bonchev–Trinajstić information content (AvgIpc) is 3.26. The van der Waals surface area contributed by atoms with Gasteiger partial charge in [0.25, 0.3) is 0 Å². The lowest BCUT2D eigenvalue weighted by Crippen LogP contribution is -2.39. The molecule has 0 radical (unpaired) electrons. The van der Waals surface area contributed by atoms with Crippen LogP contribution in [-0.4, -0.2) is 60.9 Å². The van der Waals surface area contributed by atoms with Crippen molar-refractivity contribution >= 4 is 56.8 Å². The van der Waals surface area contributed by atoms with E-state index in [1.165, 1.54) is 12.1 Å². The number of ether oxygens (including phenoxy) is 1. The van der Waals surface area contributed by atoms with Crippen LogP contribution in [0.4, 0.5) is 9.52 Å². The van der Waals surface area contributed by atoms with Gasteiger partial charge in [0.15, 0.2) is 5.13 Å². The number of thioether (sulfide) groups is 1. The van der Waals surface area contributed by atoms with E-state index in [-0.39, 0.29) is 24.1 Å². The first-order valence-electron chi connectivity index (χ1n) is 11.4. The summed E-state index contributed by atoms with van der Waals surface area (Å²) in [5.41, 5.74) is 2.11. The van der Waals surface area contributed by atoms with Gasteiger partial charge in [0, 0.05) is 37.5 Å². The van der Waals surface area contributed by atoms with Gasteiger partial charge in [-0.15, -0.1) is 24.2 Å². The van der Waals surface area contributed by atoms with E-state index in [0.717, 1.165) is 77.2 Å². The zero-order valence-electron chi connectivity index (χ0n) is 19.4. The second-order valence-electron chi connectivity index (χ2n) is 8.18. The highest BCUT2D eigenvalue weighted by Crippen LogP contribution is 2.31. The number of carbonyl (C=O) groups is 1. The molecule has 1 aliphatic rings. The average molecular weight is 524 g/mol. The number of morpholine rings is 1. The Morgan fingerprint density at radius 2 is 1.94 bits per heavy atom. The van der Waals surface area contributed by atoms with Gasteiger partial charge in [0.05, 0.1) is 23.4 Å². The molecule has 2 heterocycles. The molecule has 0 unspecified atom stereocenters. The van der Waals surface area contributed by atoms with Crippen LogP contribution in [0.15, 0.2) is 47.4 Å². The van der Waals surface area contributed by atoms with Crippen LogP contribution in [0.3, 0.4) is 0 Å². The van der Waals surface area contributed by atoms with Gasteiger partial charge in [-0.3, -0.25) is 14.6 Å². The number of hydrogen-bond donors (Lipinski definition) is 0. The number of rotatable bonds is 10. The summed E-state index contributed by atoms with van der Waals surface area (Å²) in [6, 6.07) is 12.7. The molecule has 3 aromatic rings. The Hall–Kier alpha value is -1.71. The van der Waals surface area contributed by atoms with E-state index in [0.29, 0.717) is 13.0 Å². The number of fused-ring (bicyclic) bond motifs is 1. The lowest BCUT2D eigenvalue weighted by molar-refractivity contribution is -0.118. The quantitative estimate of drug-likeness (QED) is 0.248. The summed E-state index contributed by atoms with van der Waals surface area (Å²) in [7, 11) is 0. The number of halogens is 2. The fourth-order valence-electron chi connectivity index (χ4n) is 3.87. The Morgan fingerprint density at radius 3 is 2.68 bits per heavy atom. The zero-order chi connectivity index (χ0) is 23.0. The number of aryl methyl sites for hydroxylation is 1. The topological polar surface area (TPSA) is 45.7 Å². The number of amides is 1. The molecule has 1 saturated heterocycles. The summed E-state index contributed by atoms with van der Waals surface area (Å²) in [5, 5.41) is 0.789. The van der Waals surface area contributed by atoms with E-state index in [1.54, 1.807) is 35.2 Å². The molecule has 0 atom stereocenters. The van der Waals surface area contributed by atoms with Crippen molar-refractivity contribution in [1.29, 1.82) is 0 Å². The third-order valence-corrected chi connectivity index (χ3v) is 7.86. The predicted molar refractivity (Wildman–Crippen MR) is 142 cm³/mol. The van der Waals surface area contributed by atoms with Crippen molar-refractivity contribution in [2.45, 2.75) is 31.1 Å². The largest absolute Gasteiger partial charge is 0.379 e. The first-order chi connectivity index (χ1) is 16.1. The second kappa shape index (κ2) is 13.4. The van der Waals surface area contributed by atoms with E-state index >= 15 is 0 Å². The molecule has 1 aliphatic heterocycles. The molecule has 34 heavy (non-hydrogen) atoms. The van der Waals surface area contributed by atoms with Crippen molar-refractivity contribution in [2.24, 2.45) is 0 Å². The van der Waals surface area contributed by atoms with Gasteiger partial charge in [0.2, 0.25) is 5.91 Å². The lowest BCUT2D eigenvalue weighted by atomic mass is 10.2. The Bertz CT molecular complexity index is 1060. The Morgan fingerprint density at radius 1 is 1.18 bits per heavy atom. The summed E-state index contributed by atoms with van der Waals surface area (Å²) >= 11 is 3.24. The minimum Gasteiger partial charge on any atom is -0.379 e. The maximum Gasteiger partial charge on any atom is 0.228 e. The van der Waals surface area contributed by atoms with Gasteiger partial charge < -0.3 is 4.74 Å². The van der Waals surface area contributed by atoms with Crippen molar-refractivity contribution in [3.63, 3.8) is 0 Å². The molecule has 0 spiro atoms. The first-order valence-corrected chi connectivity index (χ1v) is 13.3. The van der Waals surface area contributed by atoms with Crippen LogP contribution < -0.4 is 4.90 Å². The maximum atomic E-state index is 13.2. The maximum absolute atomic E-state index is 13.2. The number of para-hydroxylation sites is 1. The molecule has 9 heteroatoms. The second-order valence-corrected chi connectivity index (χ2v) is 10.4.